The van der Waals surface area contributed by atoms with Crippen LogP contribution in [0.15, 0.2) is 30.6 Å². The fraction of sp³-hybridized carbons (Fsp3) is 0.0833. The van der Waals surface area contributed by atoms with Crippen LogP contribution < -0.4 is 5.32 Å². The van der Waals surface area contributed by atoms with Gasteiger partial charge in [-0.25, -0.2) is 19.2 Å². The highest BCUT2D eigenvalue weighted by molar-refractivity contribution is 5.88. The third-order valence-corrected chi connectivity index (χ3v) is 2.24. The number of anilines is 2. The lowest BCUT2D eigenvalue weighted by Gasteiger charge is -2.06. The van der Waals surface area contributed by atoms with Gasteiger partial charge in [-0.1, -0.05) is 0 Å². The molecular weight excluding hydrogens is 237 g/mol. The molecular formula is C12H10FN3O2. The Morgan fingerprint density at radius 3 is 2.56 bits per heavy atom. The predicted molar refractivity (Wildman–Crippen MR) is 63.4 cm³/mol. The number of rotatable bonds is 3. The molecule has 5 nitrogen and oxygen atoms in total. The highest BCUT2D eigenvalue weighted by Crippen LogP contribution is 2.18. The monoisotopic (exact) mass is 247 g/mol. The van der Waals surface area contributed by atoms with E-state index in [1.165, 1.54) is 12.1 Å². The lowest BCUT2D eigenvalue weighted by molar-refractivity contribution is 0.0696. The van der Waals surface area contributed by atoms with E-state index in [1.54, 1.807) is 12.4 Å². The molecule has 2 N–H and O–H groups in total. The first-order valence-electron chi connectivity index (χ1n) is 5.15. The fourth-order valence-corrected chi connectivity index (χ4v) is 1.33. The molecule has 1 aromatic heterocycles. The van der Waals surface area contributed by atoms with Crippen LogP contribution in [0.4, 0.5) is 16.0 Å². The molecule has 6 heteroatoms. The minimum Gasteiger partial charge on any atom is -0.478 e. The van der Waals surface area contributed by atoms with Crippen LogP contribution in [0.5, 0.6) is 0 Å². The number of hydrogen-bond donors (Lipinski definition) is 2. The number of aromatic carboxylic acids is 1. The maximum Gasteiger partial charge on any atom is 0.335 e. The van der Waals surface area contributed by atoms with Gasteiger partial charge in [-0.05, 0) is 30.7 Å². The first-order valence-corrected chi connectivity index (χ1v) is 5.15. The van der Waals surface area contributed by atoms with Crippen molar-refractivity contribution in [2.75, 3.05) is 5.32 Å². The normalized spacial score (nSPS) is 10.1. The van der Waals surface area contributed by atoms with Crippen molar-refractivity contribution in [3.05, 3.63) is 47.5 Å². The number of nitrogens with zero attached hydrogens (tertiary/aromatic N) is 2. The van der Waals surface area contributed by atoms with Crippen molar-refractivity contribution < 1.29 is 14.3 Å². The summed E-state index contributed by atoms with van der Waals surface area (Å²) in [5.74, 6) is -1.59. The Hall–Kier alpha value is -2.50. The number of aromatic nitrogens is 2. The third kappa shape index (κ3) is 2.60. The van der Waals surface area contributed by atoms with Gasteiger partial charge in [-0.15, -0.1) is 0 Å². The number of carboxylic acid groups (broad SMARTS) is 1. The first-order chi connectivity index (χ1) is 8.56. The van der Waals surface area contributed by atoms with Gasteiger partial charge in [0, 0.05) is 12.4 Å². The maximum atomic E-state index is 13.6. The zero-order chi connectivity index (χ0) is 13.1. The third-order valence-electron chi connectivity index (χ3n) is 2.24. The van der Waals surface area contributed by atoms with E-state index in [0.29, 0.717) is 0 Å². The standard InChI is InChI=1S/C12H10FN3O2/c1-7-5-14-12(15-6-7)16-10-3-2-8(11(17)18)4-9(10)13/h2-6H,1H3,(H,17,18)(H,14,15,16). The number of benzene rings is 1. The van der Waals surface area contributed by atoms with Crippen LogP contribution in [0, 0.1) is 12.7 Å². The predicted octanol–water partition coefficient (Wildman–Crippen LogP) is 2.37. The van der Waals surface area contributed by atoms with E-state index in [1.807, 2.05) is 6.92 Å². The van der Waals surface area contributed by atoms with Crippen LogP contribution in [0.2, 0.25) is 0 Å². The second-order valence-electron chi connectivity index (χ2n) is 3.71. The minimum absolute atomic E-state index is 0.108. The van der Waals surface area contributed by atoms with Gasteiger partial charge >= 0.3 is 5.97 Å². The molecule has 0 saturated heterocycles. The molecule has 0 aliphatic heterocycles. The molecule has 2 aromatic rings. The Morgan fingerprint density at radius 2 is 2.00 bits per heavy atom. The Balaban J connectivity index is 2.24. The molecule has 0 atom stereocenters. The summed E-state index contributed by atoms with van der Waals surface area (Å²) >= 11 is 0. The molecule has 18 heavy (non-hydrogen) atoms. The number of carbonyl (C=O) groups is 1. The first kappa shape index (κ1) is 12.0. The van der Waals surface area contributed by atoms with Crippen molar-refractivity contribution in [3.63, 3.8) is 0 Å². The van der Waals surface area contributed by atoms with Crippen LogP contribution in [-0.2, 0) is 0 Å². The quantitative estimate of drug-likeness (QED) is 0.870. The van der Waals surface area contributed by atoms with Gasteiger partial charge < -0.3 is 10.4 Å². The van der Waals surface area contributed by atoms with E-state index in [-0.39, 0.29) is 17.2 Å². The molecule has 0 spiro atoms. The van der Waals surface area contributed by atoms with Crippen molar-refractivity contribution in [1.82, 2.24) is 9.97 Å². The smallest absolute Gasteiger partial charge is 0.335 e. The molecule has 0 saturated carbocycles. The molecule has 1 heterocycles. The van der Waals surface area contributed by atoms with Crippen LogP contribution in [0.3, 0.4) is 0 Å². The summed E-state index contributed by atoms with van der Waals surface area (Å²) in [6, 6.07) is 3.59. The maximum absolute atomic E-state index is 13.6. The van der Waals surface area contributed by atoms with Crippen molar-refractivity contribution in [1.29, 1.82) is 0 Å². The Kier molecular flexibility index (Phi) is 3.18. The molecule has 0 radical (unpaired) electrons. The Labute approximate surface area is 102 Å². The SMILES string of the molecule is Cc1cnc(Nc2ccc(C(=O)O)cc2F)nc1. The molecule has 0 bridgehead atoms. The molecule has 0 amide bonds. The molecule has 0 aliphatic rings. The molecule has 0 fully saturated rings. The van der Waals surface area contributed by atoms with Crippen molar-refractivity contribution in [3.8, 4) is 0 Å². The second-order valence-corrected chi connectivity index (χ2v) is 3.71. The van der Waals surface area contributed by atoms with Gasteiger partial charge in [-0.3, -0.25) is 0 Å². The average molecular weight is 247 g/mol. The van der Waals surface area contributed by atoms with Gasteiger partial charge in [-0.2, -0.15) is 0 Å². The van der Waals surface area contributed by atoms with Crippen molar-refractivity contribution in [2.24, 2.45) is 0 Å². The van der Waals surface area contributed by atoms with Crippen molar-refractivity contribution >= 4 is 17.6 Å². The van der Waals surface area contributed by atoms with E-state index >= 15 is 0 Å². The second kappa shape index (κ2) is 4.79. The van der Waals surface area contributed by atoms with E-state index in [4.69, 9.17) is 5.11 Å². The lowest BCUT2D eigenvalue weighted by Crippen LogP contribution is -2.02. The topological polar surface area (TPSA) is 75.1 Å². The van der Waals surface area contributed by atoms with Gasteiger partial charge in [0.2, 0.25) is 5.95 Å². The molecule has 0 unspecified atom stereocenters. The van der Waals surface area contributed by atoms with E-state index < -0.39 is 11.8 Å². The Bertz CT molecular complexity index is 584. The van der Waals surface area contributed by atoms with E-state index in [2.05, 4.69) is 15.3 Å². The van der Waals surface area contributed by atoms with Gasteiger partial charge in [0.25, 0.3) is 0 Å². The summed E-state index contributed by atoms with van der Waals surface area (Å²) in [5.41, 5.74) is 0.911. The lowest BCUT2D eigenvalue weighted by atomic mass is 10.2. The fourth-order valence-electron chi connectivity index (χ4n) is 1.33. The number of hydrogen-bond acceptors (Lipinski definition) is 4. The summed E-state index contributed by atoms with van der Waals surface area (Å²) < 4.78 is 13.6. The zero-order valence-electron chi connectivity index (χ0n) is 9.51. The van der Waals surface area contributed by atoms with Crippen LogP contribution >= 0.6 is 0 Å². The molecule has 1 aromatic carbocycles. The van der Waals surface area contributed by atoms with Gasteiger partial charge in [0.05, 0.1) is 11.3 Å². The highest BCUT2D eigenvalue weighted by Gasteiger charge is 2.09. The summed E-state index contributed by atoms with van der Waals surface area (Å²) in [4.78, 5) is 18.6. The molecule has 0 aliphatic carbocycles. The largest absolute Gasteiger partial charge is 0.478 e. The number of aryl methyl sites for hydroxylation is 1. The van der Waals surface area contributed by atoms with E-state index in [0.717, 1.165) is 11.6 Å². The number of nitrogens with one attached hydrogen (secondary N) is 1. The van der Waals surface area contributed by atoms with Crippen LogP contribution in [0.1, 0.15) is 15.9 Å². The summed E-state index contributed by atoms with van der Waals surface area (Å²) in [7, 11) is 0. The van der Waals surface area contributed by atoms with Gasteiger partial charge in [0.1, 0.15) is 5.82 Å². The zero-order valence-corrected chi connectivity index (χ0v) is 9.51. The Morgan fingerprint density at radius 1 is 1.33 bits per heavy atom. The highest BCUT2D eigenvalue weighted by atomic mass is 19.1. The summed E-state index contributed by atoms with van der Waals surface area (Å²) in [6.45, 7) is 1.84. The van der Waals surface area contributed by atoms with Crippen LogP contribution in [0.25, 0.3) is 0 Å². The molecule has 2 rings (SSSR count). The van der Waals surface area contributed by atoms with Crippen molar-refractivity contribution in [2.45, 2.75) is 6.92 Å². The van der Waals surface area contributed by atoms with Gasteiger partial charge in [0.15, 0.2) is 0 Å². The minimum atomic E-state index is -1.17. The van der Waals surface area contributed by atoms with E-state index in [9.17, 15) is 9.18 Å². The summed E-state index contributed by atoms with van der Waals surface area (Å²) in [6.07, 6.45) is 3.19. The average Bonchev–Trinajstić information content (AvgIpc) is 2.34. The summed E-state index contributed by atoms with van der Waals surface area (Å²) in [5, 5.41) is 11.4. The number of carboxylic acids is 1. The molecule has 92 valence electrons. The van der Waals surface area contributed by atoms with Crippen LogP contribution in [-0.4, -0.2) is 21.0 Å². The number of halogens is 1.